The van der Waals surface area contributed by atoms with E-state index in [1.165, 1.54) is 0 Å². The monoisotopic (exact) mass is 483 g/mol. The first-order valence-electron chi connectivity index (χ1n) is 8.85. The van der Waals surface area contributed by atoms with Gasteiger partial charge in [0.1, 0.15) is 5.82 Å². The minimum absolute atomic E-state index is 0.160. The van der Waals surface area contributed by atoms with Crippen LogP contribution in [0.3, 0.4) is 0 Å². The predicted molar refractivity (Wildman–Crippen MR) is 99.2 cm³/mol. The van der Waals surface area contributed by atoms with Crippen molar-refractivity contribution in [2.75, 3.05) is 23.3 Å². The summed E-state index contributed by atoms with van der Waals surface area (Å²) < 4.78 is 101. The van der Waals surface area contributed by atoms with E-state index >= 15 is 0 Å². The number of hydrogen-bond donors (Lipinski definition) is 2. The van der Waals surface area contributed by atoms with Crippen molar-refractivity contribution in [3.63, 3.8) is 0 Å². The molecule has 1 amide bonds. The van der Waals surface area contributed by atoms with Crippen LogP contribution in [0.25, 0.3) is 0 Å². The smallest absolute Gasteiger partial charge is 0.355 e. The molecule has 0 aliphatic carbocycles. The zero-order valence-electron chi connectivity index (χ0n) is 15.9. The number of nitrogens with zero attached hydrogens (tertiary/aromatic N) is 3. The van der Waals surface area contributed by atoms with Crippen LogP contribution in [0, 0.1) is 5.92 Å². The molecule has 2 aromatic rings. The summed E-state index contributed by atoms with van der Waals surface area (Å²) in [7, 11) is -4.23. The second-order valence-corrected chi connectivity index (χ2v) is 8.46. The Hall–Kier alpha value is -2.94. The zero-order chi connectivity index (χ0) is 23.9. The molecule has 0 spiro atoms. The molecule has 8 nitrogen and oxygen atoms in total. The minimum Gasteiger partial charge on any atom is -0.355 e. The van der Waals surface area contributed by atoms with Gasteiger partial charge in [0.25, 0.3) is 15.9 Å². The fourth-order valence-corrected chi connectivity index (χ4v) is 3.59. The number of halogens is 6. The Labute approximate surface area is 177 Å². The van der Waals surface area contributed by atoms with Crippen molar-refractivity contribution in [1.29, 1.82) is 0 Å². The summed E-state index contributed by atoms with van der Waals surface area (Å²) in [5.74, 6) is -3.22. The van der Waals surface area contributed by atoms with Crippen LogP contribution in [0.1, 0.15) is 22.3 Å². The van der Waals surface area contributed by atoms with Crippen molar-refractivity contribution in [2.45, 2.75) is 23.8 Å². The van der Waals surface area contributed by atoms with Gasteiger partial charge in [-0.05, 0) is 18.6 Å². The van der Waals surface area contributed by atoms with Crippen LogP contribution in [0.4, 0.5) is 37.8 Å². The van der Waals surface area contributed by atoms with Crippen LogP contribution in [0.5, 0.6) is 0 Å². The number of carbonyl (C=O) groups is 1. The highest BCUT2D eigenvalue weighted by molar-refractivity contribution is 7.89. The zero-order valence-corrected chi connectivity index (χ0v) is 16.7. The average Bonchev–Trinajstić information content (AvgIpc) is 3.17. The van der Waals surface area contributed by atoms with Gasteiger partial charge in [-0.3, -0.25) is 4.79 Å². The summed E-state index contributed by atoms with van der Waals surface area (Å²) in [4.78, 5) is 20.9. The molecular weight excluding hydrogens is 468 g/mol. The molecule has 32 heavy (non-hydrogen) atoms. The summed E-state index contributed by atoms with van der Waals surface area (Å²) >= 11 is 0. The second-order valence-electron chi connectivity index (χ2n) is 6.95. The van der Waals surface area contributed by atoms with Crippen molar-refractivity contribution in [3.8, 4) is 0 Å². The SMILES string of the molecule is NS(=O)(=O)c1cc(NC(=O)c2cc(C(F)(F)F)cnc2N2CCC(C(F)(F)F)C2)ccn1. The molecule has 0 radical (unpaired) electrons. The first-order valence-corrected chi connectivity index (χ1v) is 10.4. The fraction of sp³-hybridized carbons (Fsp3) is 0.353. The molecule has 1 atom stereocenters. The second kappa shape index (κ2) is 8.20. The van der Waals surface area contributed by atoms with Gasteiger partial charge in [-0.2, -0.15) is 26.3 Å². The highest BCUT2D eigenvalue weighted by Crippen LogP contribution is 2.37. The fourth-order valence-electron chi connectivity index (χ4n) is 3.09. The maximum Gasteiger partial charge on any atom is 0.417 e. The van der Waals surface area contributed by atoms with E-state index in [4.69, 9.17) is 5.14 Å². The molecule has 3 N–H and O–H groups in total. The van der Waals surface area contributed by atoms with Gasteiger partial charge < -0.3 is 10.2 Å². The highest BCUT2D eigenvalue weighted by atomic mass is 32.2. The number of primary sulfonamides is 1. The Balaban J connectivity index is 1.97. The number of hydrogen-bond acceptors (Lipinski definition) is 6. The maximum atomic E-state index is 13.1. The van der Waals surface area contributed by atoms with Crippen LogP contribution in [-0.4, -0.2) is 43.6 Å². The van der Waals surface area contributed by atoms with Crippen molar-refractivity contribution in [3.05, 3.63) is 41.7 Å². The van der Waals surface area contributed by atoms with Crippen LogP contribution < -0.4 is 15.4 Å². The van der Waals surface area contributed by atoms with Crippen LogP contribution >= 0.6 is 0 Å². The number of nitrogens with one attached hydrogen (secondary N) is 1. The lowest BCUT2D eigenvalue weighted by atomic mass is 10.1. The highest BCUT2D eigenvalue weighted by Gasteiger charge is 2.44. The number of alkyl halides is 6. The van der Waals surface area contributed by atoms with Gasteiger partial charge in [0.2, 0.25) is 0 Å². The maximum absolute atomic E-state index is 13.1. The van der Waals surface area contributed by atoms with E-state index in [1.54, 1.807) is 0 Å². The Bertz CT molecular complexity index is 1140. The first-order chi connectivity index (χ1) is 14.7. The number of aromatic nitrogens is 2. The van der Waals surface area contributed by atoms with Gasteiger partial charge >= 0.3 is 12.4 Å². The standard InChI is InChI=1S/C17H15F6N5O3S/c18-16(19,20)9-2-4-28(8-9)14-12(5-10(7-26-14)17(21,22)23)15(29)27-11-1-3-25-13(6-11)32(24,30)31/h1,3,5-7,9H,2,4,8H2,(H2,24,30,31)(H,25,27,29). The predicted octanol–water partition coefficient (Wildman–Crippen LogP) is 2.78. The number of pyridine rings is 2. The lowest BCUT2D eigenvalue weighted by molar-refractivity contribution is -0.168. The Morgan fingerprint density at radius 1 is 1.16 bits per heavy atom. The largest absolute Gasteiger partial charge is 0.417 e. The molecule has 0 bridgehead atoms. The minimum atomic E-state index is -4.86. The van der Waals surface area contributed by atoms with E-state index in [9.17, 15) is 39.6 Å². The number of nitrogens with two attached hydrogens (primary N) is 1. The molecule has 15 heteroatoms. The van der Waals surface area contributed by atoms with E-state index in [-0.39, 0.29) is 24.5 Å². The average molecular weight is 483 g/mol. The summed E-state index contributed by atoms with van der Waals surface area (Å²) in [5.41, 5.74) is -2.07. The third kappa shape index (κ3) is 5.27. The molecule has 0 aromatic carbocycles. The van der Waals surface area contributed by atoms with Crippen molar-refractivity contribution in [2.24, 2.45) is 11.1 Å². The number of sulfonamides is 1. The van der Waals surface area contributed by atoms with E-state index < -0.39 is 56.9 Å². The summed E-state index contributed by atoms with van der Waals surface area (Å²) in [6.07, 6.45) is -8.26. The van der Waals surface area contributed by atoms with Crippen molar-refractivity contribution >= 4 is 27.4 Å². The van der Waals surface area contributed by atoms with E-state index in [0.29, 0.717) is 12.3 Å². The Kier molecular flexibility index (Phi) is 6.08. The number of rotatable bonds is 4. The van der Waals surface area contributed by atoms with Crippen molar-refractivity contribution in [1.82, 2.24) is 9.97 Å². The summed E-state index contributed by atoms with van der Waals surface area (Å²) in [5, 5.41) is 6.55. The molecule has 1 fully saturated rings. The first kappa shape index (κ1) is 23.7. The lowest BCUT2D eigenvalue weighted by Crippen LogP contribution is -2.29. The lowest BCUT2D eigenvalue weighted by Gasteiger charge is -2.22. The molecule has 1 saturated heterocycles. The van der Waals surface area contributed by atoms with E-state index in [2.05, 4.69) is 15.3 Å². The quantitative estimate of drug-likeness (QED) is 0.646. The summed E-state index contributed by atoms with van der Waals surface area (Å²) in [6.45, 7) is -0.749. The van der Waals surface area contributed by atoms with Gasteiger partial charge in [-0.25, -0.2) is 23.5 Å². The molecule has 2 aromatic heterocycles. The number of amides is 1. The summed E-state index contributed by atoms with van der Waals surface area (Å²) in [6, 6.07) is 2.51. The third-order valence-electron chi connectivity index (χ3n) is 4.67. The molecule has 1 unspecified atom stereocenters. The Morgan fingerprint density at radius 3 is 2.41 bits per heavy atom. The normalized spacial score (nSPS) is 17.5. The molecule has 3 heterocycles. The molecule has 1 aliphatic rings. The van der Waals surface area contributed by atoms with Gasteiger partial charge in [0.05, 0.1) is 17.0 Å². The number of anilines is 2. The van der Waals surface area contributed by atoms with Crippen molar-refractivity contribution < 1.29 is 39.6 Å². The van der Waals surface area contributed by atoms with E-state index in [1.807, 2.05) is 0 Å². The Morgan fingerprint density at radius 2 is 1.84 bits per heavy atom. The van der Waals surface area contributed by atoms with Gasteiger partial charge in [0.15, 0.2) is 5.03 Å². The molecule has 3 rings (SSSR count). The molecule has 174 valence electrons. The van der Waals surface area contributed by atoms with E-state index in [0.717, 1.165) is 23.2 Å². The van der Waals surface area contributed by atoms with Gasteiger partial charge in [-0.1, -0.05) is 0 Å². The van der Waals surface area contributed by atoms with Crippen LogP contribution in [0.2, 0.25) is 0 Å². The molecule has 1 aliphatic heterocycles. The topological polar surface area (TPSA) is 118 Å². The van der Waals surface area contributed by atoms with Crippen LogP contribution in [-0.2, 0) is 16.2 Å². The third-order valence-corrected chi connectivity index (χ3v) is 5.48. The van der Waals surface area contributed by atoms with Gasteiger partial charge in [-0.15, -0.1) is 0 Å². The number of carbonyl (C=O) groups excluding carboxylic acids is 1. The molecule has 0 saturated carbocycles. The van der Waals surface area contributed by atoms with Crippen LogP contribution in [0.15, 0.2) is 35.6 Å². The molecular formula is C17H15F6N5O3S. The van der Waals surface area contributed by atoms with Gasteiger partial charge in [0, 0.05) is 37.2 Å².